The molecule has 2 N–H and O–H groups in total. The second kappa shape index (κ2) is 6.92. The van der Waals surface area contributed by atoms with E-state index in [2.05, 4.69) is 10.2 Å². The van der Waals surface area contributed by atoms with Gasteiger partial charge in [-0.3, -0.25) is 4.90 Å². The largest absolute Gasteiger partial charge is 0.480 e. The van der Waals surface area contributed by atoms with E-state index in [1.54, 1.807) is 4.90 Å². The average Bonchev–Trinajstić information content (AvgIpc) is 2.75. The molecule has 6 heteroatoms. The molecule has 0 aliphatic carbocycles. The van der Waals surface area contributed by atoms with Crippen molar-refractivity contribution >= 4 is 12.0 Å². The van der Waals surface area contributed by atoms with E-state index in [0.717, 1.165) is 45.4 Å². The predicted octanol–water partition coefficient (Wildman–Crippen LogP) is 1.12. The van der Waals surface area contributed by atoms with E-state index in [1.165, 1.54) is 6.42 Å². The van der Waals surface area contributed by atoms with Crippen molar-refractivity contribution in [1.82, 2.24) is 15.1 Å². The highest BCUT2D eigenvalue weighted by Gasteiger charge is 2.31. The van der Waals surface area contributed by atoms with Gasteiger partial charge in [0.05, 0.1) is 0 Å². The summed E-state index contributed by atoms with van der Waals surface area (Å²) in [5.74, 6) is -0.947. The Hall–Kier alpha value is -1.30. The second-order valence-electron chi connectivity index (χ2n) is 5.76. The summed E-state index contributed by atoms with van der Waals surface area (Å²) < 4.78 is 0. The van der Waals surface area contributed by atoms with Crippen LogP contribution in [0.5, 0.6) is 0 Å². The van der Waals surface area contributed by atoms with Crippen LogP contribution in [0.1, 0.15) is 39.0 Å². The lowest BCUT2D eigenvalue weighted by Crippen LogP contribution is -2.50. The molecule has 0 bridgehead atoms. The molecule has 0 spiro atoms. The van der Waals surface area contributed by atoms with Crippen LogP contribution in [-0.4, -0.2) is 65.2 Å². The minimum atomic E-state index is -0.947. The third kappa shape index (κ3) is 3.62. The van der Waals surface area contributed by atoms with Gasteiger partial charge in [-0.2, -0.15) is 0 Å². The number of carboxylic acids is 1. The number of urea groups is 1. The Balaban J connectivity index is 1.92. The van der Waals surface area contributed by atoms with Crippen LogP contribution in [0.2, 0.25) is 0 Å². The Morgan fingerprint density at radius 2 is 2.05 bits per heavy atom. The van der Waals surface area contributed by atoms with Crippen molar-refractivity contribution in [2.45, 2.75) is 51.1 Å². The van der Waals surface area contributed by atoms with E-state index in [4.69, 9.17) is 5.11 Å². The van der Waals surface area contributed by atoms with Crippen molar-refractivity contribution in [1.29, 1.82) is 0 Å². The van der Waals surface area contributed by atoms with E-state index < -0.39 is 12.0 Å². The molecule has 2 atom stereocenters. The SMILES string of the molecule is CCC[C@@H](NC(=O)N1CCCN2CCCC2C1)C(=O)O. The van der Waals surface area contributed by atoms with Gasteiger partial charge < -0.3 is 15.3 Å². The summed E-state index contributed by atoms with van der Waals surface area (Å²) in [7, 11) is 0. The summed E-state index contributed by atoms with van der Waals surface area (Å²) >= 11 is 0. The van der Waals surface area contributed by atoms with Crippen molar-refractivity contribution in [3.05, 3.63) is 0 Å². The van der Waals surface area contributed by atoms with E-state index >= 15 is 0 Å². The molecule has 1 unspecified atom stereocenters. The smallest absolute Gasteiger partial charge is 0.326 e. The maximum absolute atomic E-state index is 12.3. The molecule has 2 saturated heterocycles. The first-order valence-corrected chi connectivity index (χ1v) is 7.64. The maximum Gasteiger partial charge on any atom is 0.326 e. The van der Waals surface area contributed by atoms with E-state index in [1.807, 2.05) is 6.92 Å². The predicted molar refractivity (Wildman–Crippen MR) is 75.6 cm³/mol. The lowest BCUT2D eigenvalue weighted by molar-refractivity contribution is -0.139. The minimum absolute atomic E-state index is 0.223. The van der Waals surface area contributed by atoms with E-state index in [0.29, 0.717) is 12.5 Å². The van der Waals surface area contributed by atoms with Crippen LogP contribution < -0.4 is 5.32 Å². The minimum Gasteiger partial charge on any atom is -0.480 e. The van der Waals surface area contributed by atoms with Gasteiger partial charge in [-0.25, -0.2) is 9.59 Å². The average molecular weight is 283 g/mol. The fraction of sp³-hybridized carbons (Fsp3) is 0.857. The van der Waals surface area contributed by atoms with Crippen LogP contribution in [0.4, 0.5) is 4.79 Å². The third-order valence-electron chi connectivity index (χ3n) is 4.26. The Kier molecular flexibility index (Phi) is 5.23. The lowest BCUT2D eigenvalue weighted by atomic mass is 10.2. The van der Waals surface area contributed by atoms with Crippen LogP contribution in [0.3, 0.4) is 0 Å². The van der Waals surface area contributed by atoms with Crippen molar-refractivity contribution in [2.75, 3.05) is 26.2 Å². The molecule has 6 nitrogen and oxygen atoms in total. The Labute approximate surface area is 120 Å². The zero-order valence-corrected chi connectivity index (χ0v) is 12.2. The summed E-state index contributed by atoms with van der Waals surface area (Å²) in [6, 6.07) is -0.535. The summed E-state index contributed by atoms with van der Waals surface area (Å²) in [5, 5.41) is 11.8. The third-order valence-corrected chi connectivity index (χ3v) is 4.26. The number of rotatable bonds is 4. The van der Waals surface area contributed by atoms with Gasteiger partial charge in [-0.05, 0) is 32.2 Å². The van der Waals surface area contributed by atoms with Crippen LogP contribution in [0.25, 0.3) is 0 Å². The van der Waals surface area contributed by atoms with Crippen molar-refractivity contribution in [3.63, 3.8) is 0 Å². The molecule has 2 heterocycles. The summed E-state index contributed by atoms with van der Waals surface area (Å²) in [6.45, 7) is 5.55. The van der Waals surface area contributed by atoms with Gasteiger partial charge >= 0.3 is 12.0 Å². The Morgan fingerprint density at radius 3 is 2.75 bits per heavy atom. The van der Waals surface area contributed by atoms with Crippen LogP contribution in [0.15, 0.2) is 0 Å². The fourth-order valence-electron chi connectivity index (χ4n) is 3.18. The Morgan fingerprint density at radius 1 is 1.30 bits per heavy atom. The topological polar surface area (TPSA) is 72.9 Å². The monoisotopic (exact) mass is 283 g/mol. The number of carbonyl (C=O) groups excluding carboxylic acids is 1. The van der Waals surface area contributed by atoms with E-state index in [9.17, 15) is 9.59 Å². The quantitative estimate of drug-likeness (QED) is 0.811. The molecule has 2 aliphatic rings. The highest BCUT2D eigenvalue weighted by molar-refractivity contribution is 5.82. The first-order chi connectivity index (χ1) is 9.61. The van der Waals surface area contributed by atoms with Gasteiger partial charge in [0, 0.05) is 25.7 Å². The summed E-state index contributed by atoms with van der Waals surface area (Å²) in [6.07, 6.45) is 4.53. The van der Waals surface area contributed by atoms with Gasteiger partial charge in [-0.15, -0.1) is 0 Å². The second-order valence-corrected chi connectivity index (χ2v) is 5.76. The van der Waals surface area contributed by atoms with Crippen molar-refractivity contribution in [2.24, 2.45) is 0 Å². The molecule has 114 valence electrons. The zero-order valence-electron chi connectivity index (χ0n) is 12.2. The number of carbonyl (C=O) groups is 2. The fourth-order valence-corrected chi connectivity index (χ4v) is 3.18. The van der Waals surface area contributed by atoms with Crippen molar-refractivity contribution in [3.8, 4) is 0 Å². The Bertz CT molecular complexity index is 362. The molecule has 2 aliphatic heterocycles. The molecule has 0 aromatic rings. The molecular formula is C14H25N3O3. The molecule has 0 saturated carbocycles. The first-order valence-electron chi connectivity index (χ1n) is 7.64. The maximum atomic E-state index is 12.3. The van der Waals surface area contributed by atoms with Gasteiger partial charge in [0.15, 0.2) is 0 Å². The molecule has 20 heavy (non-hydrogen) atoms. The molecule has 0 radical (unpaired) electrons. The number of fused-ring (bicyclic) bond motifs is 1. The highest BCUT2D eigenvalue weighted by Crippen LogP contribution is 2.21. The number of amides is 2. The molecule has 2 rings (SSSR count). The normalized spacial score (nSPS) is 24.9. The molecule has 2 fully saturated rings. The number of nitrogens with one attached hydrogen (secondary N) is 1. The standard InChI is InChI=1S/C14H25N3O3/c1-2-5-12(13(18)19)15-14(20)17-9-4-8-16-7-3-6-11(16)10-17/h11-12H,2-10H2,1H3,(H,15,20)(H,18,19)/t11?,12-/m1/s1. The van der Waals surface area contributed by atoms with Gasteiger partial charge in [0.25, 0.3) is 0 Å². The first kappa shape index (κ1) is 15.1. The van der Waals surface area contributed by atoms with Crippen LogP contribution in [-0.2, 0) is 4.79 Å². The highest BCUT2D eigenvalue weighted by atomic mass is 16.4. The molecule has 0 aromatic heterocycles. The zero-order chi connectivity index (χ0) is 14.5. The van der Waals surface area contributed by atoms with E-state index in [-0.39, 0.29) is 6.03 Å². The molecule has 0 aromatic carbocycles. The van der Waals surface area contributed by atoms with Crippen molar-refractivity contribution < 1.29 is 14.7 Å². The number of hydrogen-bond donors (Lipinski definition) is 2. The lowest BCUT2D eigenvalue weighted by Gasteiger charge is -2.27. The number of aliphatic carboxylic acids is 1. The summed E-state index contributed by atoms with van der Waals surface area (Å²) in [4.78, 5) is 27.6. The van der Waals surface area contributed by atoms with Gasteiger partial charge in [0.2, 0.25) is 0 Å². The van der Waals surface area contributed by atoms with Crippen LogP contribution in [0, 0.1) is 0 Å². The summed E-state index contributed by atoms with van der Waals surface area (Å²) in [5.41, 5.74) is 0. The van der Waals surface area contributed by atoms with Gasteiger partial charge in [0.1, 0.15) is 6.04 Å². The molecule has 2 amide bonds. The number of hydrogen-bond acceptors (Lipinski definition) is 3. The number of nitrogens with zero attached hydrogens (tertiary/aromatic N) is 2. The van der Waals surface area contributed by atoms with Gasteiger partial charge in [-0.1, -0.05) is 13.3 Å². The van der Waals surface area contributed by atoms with Crippen LogP contribution >= 0.6 is 0 Å². The molecular weight excluding hydrogens is 258 g/mol. The number of carboxylic acid groups (broad SMARTS) is 1.